The first-order valence-corrected chi connectivity index (χ1v) is 7.29. The summed E-state index contributed by atoms with van der Waals surface area (Å²) in [5.41, 5.74) is 1.60. The van der Waals surface area contributed by atoms with Crippen LogP contribution in [0.2, 0.25) is 0 Å². The number of benzene rings is 1. The quantitative estimate of drug-likeness (QED) is 0.759. The summed E-state index contributed by atoms with van der Waals surface area (Å²) in [5, 5.41) is 0. The predicted molar refractivity (Wildman–Crippen MR) is 74.3 cm³/mol. The first kappa shape index (κ1) is 12.8. The van der Waals surface area contributed by atoms with Gasteiger partial charge < -0.3 is 4.74 Å². The minimum absolute atomic E-state index is 0.112. The highest BCUT2D eigenvalue weighted by atomic mass is 79.9. The molecule has 90 valence electrons. The molecule has 2 nitrogen and oxygen atoms in total. The molecule has 0 heterocycles. The monoisotopic (exact) mass is 358 g/mol. The second-order valence-corrected chi connectivity index (χ2v) is 5.18. The number of ether oxygens (including phenoxy) is 1. The summed E-state index contributed by atoms with van der Waals surface area (Å²) < 4.78 is 6.03. The molecule has 0 saturated heterocycles. The zero-order chi connectivity index (χ0) is 12.3. The average Bonchev–Trinajstić information content (AvgIpc) is 2.36. The van der Waals surface area contributed by atoms with Crippen LogP contribution in [-0.2, 0) is 9.53 Å². The van der Waals surface area contributed by atoms with E-state index in [1.54, 1.807) is 0 Å². The van der Waals surface area contributed by atoms with Gasteiger partial charge in [-0.1, -0.05) is 30.3 Å². The van der Waals surface area contributed by atoms with Gasteiger partial charge in [-0.2, -0.15) is 0 Å². The maximum atomic E-state index is 11.9. The smallest absolute Gasteiger partial charge is 0.173 e. The van der Waals surface area contributed by atoms with E-state index in [2.05, 4.69) is 44.0 Å². The van der Waals surface area contributed by atoms with Crippen LogP contribution >= 0.6 is 31.9 Å². The van der Waals surface area contributed by atoms with E-state index in [1.165, 1.54) is 5.56 Å². The van der Waals surface area contributed by atoms with E-state index >= 15 is 0 Å². The largest absolute Gasteiger partial charge is 0.485 e. The molecule has 1 aliphatic carbocycles. The van der Waals surface area contributed by atoms with Crippen LogP contribution in [0.1, 0.15) is 24.3 Å². The van der Waals surface area contributed by atoms with E-state index in [9.17, 15) is 4.79 Å². The van der Waals surface area contributed by atoms with Gasteiger partial charge >= 0.3 is 0 Å². The van der Waals surface area contributed by atoms with Gasteiger partial charge in [0.05, 0.1) is 4.48 Å². The standard InChI is InChI=1S/C13H12Br2O2/c14-8-17-12-7-10(6-11(16)13(12)15)9-4-2-1-3-5-9/h1-5,10H,6-8H2. The Balaban J connectivity index is 2.23. The summed E-state index contributed by atoms with van der Waals surface area (Å²) in [6, 6.07) is 10.1. The highest BCUT2D eigenvalue weighted by Crippen LogP contribution is 2.37. The number of rotatable bonds is 3. The zero-order valence-corrected chi connectivity index (χ0v) is 12.3. The zero-order valence-electron chi connectivity index (χ0n) is 9.16. The van der Waals surface area contributed by atoms with Crippen LogP contribution in [-0.4, -0.2) is 11.3 Å². The van der Waals surface area contributed by atoms with Gasteiger partial charge in [0.2, 0.25) is 0 Å². The Kier molecular flexibility index (Phi) is 4.40. The minimum Gasteiger partial charge on any atom is -0.485 e. The number of allylic oxidation sites excluding steroid dienone is 2. The summed E-state index contributed by atoms with van der Waals surface area (Å²) in [6.45, 7) is 0. The summed E-state index contributed by atoms with van der Waals surface area (Å²) >= 11 is 6.53. The van der Waals surface area contributed by atoms with Gasteiger partial charge in [-0.05, 0) is 43.3 Å². The van der Waals surface area contributed by atoms with E-state index in [0.717, 1.165) is 12.2 Å². The van der Waals surface area contributed by atoms with Gasteiger partial charge in [0, 0.05) is 12.8 Å². The van der Waals surface area contributed by atoms with Gasteiger partial charge in [-0.25, -0.2) is 0 Å². The summed E-state index contributed by atoms with van der Waals surface area (Å²) in [4.78, 5) is 11.9. The third kappa shape index (κ3) is 2.99. The number of halogens is 2. The van der Waals surface area contributed by atoms with E-state index in [1.807, 2.05) is 18.2 Å². The molecule has 1 aliphatic rings. The van der Waals surface area contributed by atoms with Crippen molar-refractivity contribution in [1.82, 2.24) is 0 Å². The molecule has 1 atom stereocenters. The molecule has 17 heavy (non-hydrogen) atoms. The predicted octanol–water partition coefficient (Wildman–Crippen LogP) is 4.11. The minimum atomic E-state index is 0.112. The van der Waals surface area contributed by atoms with Gasteiger partial charge in [0.25, 0.3) is 0 Å². The van der Waals surface area contributed by atoms with Crippen molar-refractivity contribution in [2.45, 2.75) is 18.8 Å². The van der Waals surface area contributed by atoms with Gasteiger partial charge in [0.15, 0.2) is 5.78 Å². The Morgan fingerprint density at radius 1 is 1.24 bits per heavy atom. The number of alkyl halides is 1. The highest BCUT2D eigenvalue weighted by Gasteiger charge is 2.28. The van der Waals surface area contributed by atoms with Crippen LogP contribution in [0, 0.1) is 0 Å². The van der Waals surface area contributed by atoms with Gasteiger partial charge in [0.1, 0.15) is 11.3 Å². The third-order valence-corrected chi connectivity index (χ3v) is 3.97. The molecule has 2 rings (SSSR count). The fourth-order valence-corrected chi connectivity index (χ4v) is 2.72. The van der Waals surface area contributed by atoms with Crippen molar-refractivity contribution in [3.05, 3.63) is 46.1 Å². The van der Waals surface area contributed by atoms with Gasteiger partial charge in [-0.15, -0.1) is 0 Å². The molecule has 0 aliphatic heterocycles. The van der Waals surface area contributed by atoms with Crippen molar-refractivity contribution in [3.63, 3.8) is 0 Å². The average molecular weight is 360 g/mol. The molecule has 1 aromatic carbocycles. The SMILES string of the molecule is O=C1CC(c2ccccc2)CC(OCBr)=C1Br. The molecule has 0 bridgehead atoms. The molecule has 4 heteroatoms. The topological polar surface area (TPSA) is 26.3 Å². The van der Waals surface area contributed by atoms with Crippen LogP contribution in [0.5, 0.6) is 0 Å². The normalized spacial score (nSPS) is 20.6. The van der Waals surface area contributed by atoms with E-state index in [0.29, 0.717) is 16.4 Å². The molecular weight excluding hydrogens is 348 g/mol. The Bertz CT molecular complexity index is 440. The van der Waals surface area contributed by atoms with Crippen LogP contribution in [0.15, 0.2) is 40.6 Å². The molecule has 1 aromatic rings. The number of hydrogen-bond donors (Lipinski definition) is 0. The van der Waals surface area contributed by atoms with Crippen molar-refractivity contribution >= 4 is 37.6 Å². The molecule has 0 radical (unpaired) electrons. The summed E-state index contributed by atoms with van der Waals surface area (Å²) in [7, 11) is 0. The highest BCUT2D eigenvalue weighted by molar-refractivity contribution is 9.12. The lowest BCUT2D eigenvalue weighted by Gasteiger charge is -2.24. The van der Waals surface area contributed by atoms with Crippen LogP contribution < -0.4 is 0 Å². The molecule has 0 saturated carbocycles. The number of Topliss-reactive ketones (excluding diaryl/α,β-unsaturated/α-hetero) is 1. The fraction of sp³-hybridized carbons (Fsp3) is 0.308. The molecule has 0 N–H and O–H groups in total. The molecule has 0 fully saturated rings. The van der Waals surface area contributed by atoms with Crippen molar-refractivity contribution in [2.24, 2.45) is 0 Å². The lowest BCUT2D eigenvalue weighted by Crippen LogP contribution is -2.17. The van der Waals surface area contributed by atoms with Crippen LogP contribution in [0.3, 0.4) is 0 Å². The Hall–Kier alpha value is -0.610. The fourth-order valence-electron chi connectivity index (χ4n) is 2.00. The first-order valence-electron chi connectivity index (χ1n) is 5.38. The van der Waals surface area contributed by atoms with Crippen molar-refractivity contribution in [2.75, 3.05) is 5.52 Å². The Morgan fingerprint density at radius 2 is 1.94 bits per heavy atom. The van der Waals surface area contributed by atoms with Crippen molar-refractivity contribution in [1.29, 1.82) is 0 Å². The Morgan fingerprint density at radius 3 is 2.59 bits per heavy atom. The van der Waals surface area contributed by atoms with Crippen molar-refractivity contribution in [3.8, 4) is 0 Å². The second kappa shape index (κ2) is 5.83. The van der Waals surface area contributed by atoms with Crippen LogP contribution in [0.25, 0.3) is 0 Å². The van der Waals surface area contributed by atoms with Crippen molar-refractivity contribution < 1.29 is 9.53 Å². The lowest BCUT2D eigenvalue weighted by molar-refractivity contribution is -0.115. The molecule has 1 unspecified atom stereocenters. The number of carbonyl (C=O) groups is 1. The van der Waals surface area contributed by atoms with E-state index in [4.69, 9.17) is 4.74 Å². The second-order valence-electron chi connectivity index (χ2n) is 3.93. The maximum absolute atomic E-state index is 11.9. The summed E-state index contributed by atoms with van der Waals surface area (Å²) in [6.07, 6.45) is 1.31. The number of ketones is 1. The third-order valence-electron chi connectivity index (χ3n) is 2.85. The van der Waals surface area contributed by atoms with Gasteiger partial charge in [-0.3, -0.25) is 4.79 Å². The molecule has 0 amide bonds. The maximum Gasteiger partial charge on any atom is 0.173 e. The van der Waals surface area contributed by atoms with E-state index < -0.39 is 0 Å². The van der Waals surface area contributed by atoms with E-state index in [-0.39, 0.29) is 11.7 Å². The first-order chi connectivity index (χ1) is 8.22. The number of hydrogen-bond acceptors (Lipinski definition) is 2. The number of carbonyl (C=O) groups excluding carboxylic acids is 1. The molecule has 0 spiro atoms. The molecular formula is C13H12Br2O2. The molecule has 0 aromatic heterocycles. The lowest BCUT2D eigenvalue weighted by atomic mass is 9.86. The summed E-state index contributed by atoms with van der Waals surface area (Å²) in [5.74, 6) is 1.08. The Labute approximate surface area is 117 Å². The van der Waals surface area contributed by atoms with Crippen LogP contribution in [0.4, 0.5) is 0 Å².